The fraction of sp³-hybridized carbons (Fsp3) is 0.385. The van der Waals surface area contributed by atoms with Crippen LogP contribution in [0.5, 0.6) is 5.75 Å². The highest BCUT2D eigenvalue weighted by Crippen LogP contribution is 2.37. The van der Waals surface area contributed by atoms with E-state index in [-0.39, 0.29) is 17.3 Å². The van der Waals surface area contributed by atoms with E-state index >= 15 is 0 Å². The van der Waals surface area contributed by atoms with Crippen LogP contribution in [0.3, 0.4) is 0 Å². The van der Waals surface area contributed by atoms with Crippen molar-refractivity contribution in [1.82, 2.24) is 10.2 Å². The number of aryl methyl sites for hydroxylation is 1. The minimum absolute atomic E-state index is 0.130. The van der Waals surface area contributed by atoms with Crippen LogP contribution in [-0.4, -0.2) is 27.6 Å². The van der Waals surface area contributed by atoms with Crippen molar-refractivity contribution in [3.05, 3.63) is 34.2 Å². The second-order valence-corrected chi connectivity index (χ2v) is 4.52. The number of hydrogen-bond acceptors (Lipinski definition) is 6. The smallest absolute Gasteiger partial charge is 0.311 e. The second kappa shape index (κ2) is 7.03. The molecule has 1 aromatic heterocycles. The van der Waals surface area contributed by atoms with E-state index in [1.165, 1.54) is 6.07 Å². The first-order valence-electron chi connectivity index (χ1n) is 6.46. The van der Waals surface area contributed by atoms with Gasteiger partial charge in [-0.25, -0.2) is 0 Å². The van der Waals surface area contributed by atoms with Gasteiger partial charge in [-0.15, -0.1) is 21.8 Å². The molecule has 0 bridgehead atoms. The maximum Gasteiger partial charge on any atom is 0.311 e. The molecular formula is C13H14ClN3O4. The summed E-state index contributed by atoms with van der Waals surface area (Å²) in [6, 6.07) is 4.58. The molecule has 0 amide bonds. The molecule has 0 N–H and O–H groups in total. The number of nitro groups is 1. The number of rotatable bonds is 7. The van der Waals surface area contributed by atoms with E-state index in [1.54, 1.807) is 19.1 Å². The Morgan fingerprint density at radius 3 is 2.90 bits per heavy atom. The van der Waals surface area contributed by atoms with Gasteiger partial charge in [-0.3, -0.25) is 10.1 Å². The average molecular weight is 312 g/mol. The van der Waals surface area contributed by atoms with Gasteiger partial charge in [0.1, 0.15) is 0 Å². The Morgan fingerprint density at radius 1 is 1.43 bits per heavy atom. The Balaban J connectivity index is 2.40. The van der Waals surface area contributed by atoms with Gasteiger partial charge in [-0.2, -0.15) is 0 Å². The van der Waals surface area contributed by atoms with Gasteiger partial charge >= 0.3 is 5.69 Å². The molecule has 0 saturated heterocycles. The molecule has 0 radical (unpaired) electrons. The van der Waals surface area contributed by atoms with Crippen molar-refractivity contribution in [1.29, 1.82) is 0 Å². The lowest BCUT2D eigenvalue weighted by Crippen LogP contribution is -1.99. The molecule has 0 aliphatic heterocycles. The van der Waals surface area contributed by atoms with Crippen LogP contribution in [0.1, 0.15) is 19.2 Å². The average Bonchev–Trinajstić information content (AvgIpc) is 2.94. The first kappa shape index (κ1) is 15.2. The zero-order chi connectivity index (χ0) is 15.2. The van der Waals surface area contributed by atoms with Crippen LogP contribution in [0.2, 0.25) is 0 Å². The van der Waals surface area contributed by atoms with Crippen LogP contribution in [-0.2, 0) is 6.42 Å². The maximum atomic E-state index is 11.1. The Morgan fingerprint density at radius 2 is 2.24 bits per heavy atom. The lowest BCUT2D eigenvalue weighted by atomic mass is 10.1. The predicted molar refractivity (Wildman–Crippen MR) is 76.6 cm³/mol. The molecule has 0 saturated carbocycles. The summed E-state index contributed by atoms with van der Waals surface area (Å²) in [5, 5.41) is 18.9. The first-order valence-corrected chi connectivity index (χ1v) is 6.99. The number of benzene rings is 1. The number of alkyl halides is 1. The maximum absolute atomic E-state index is 11.1. The molecule has 21 heavy (non-hydrogen) atoms. The van der Waals surface area contributed by atoms with E-state index in [2.05, 4.69) is 10.2 Å². The van der Waals surface area contributed by atoms with Crippen LogP contribution in [0.25, 0.3) is 11.5 Å². The SMILES string of the molecule is CCOc1c(-c2nnc(CCCCl)o2)cccc1[N+](=O)[O-]. The van der Waals surface area contributed by atoms with Gasteiger partial charge in [0.05, 0.1) is 17.1 Å². The number of ether oxygens (including phenoxy) is 1. The van der Waals surface area contributed by atoms with Gasteiger partial charge in [0.25, 0.3) is 5.89 Å². The summed E-state index contributed by atoms with van der Waals surface area (Å²) in [5.41, 5.74) is 0.283. The molecule has 1 aromatic carbocycles. The summed E-state index contributed by atoms with van der Waals surface area (Å²) in [5.74, 6) is 1.28. The molecule has 112 valence electrons. The van der Waals surface area contributed by atoms with Crippen molar-refractivity contribution < 1.29 is 14.1 Å². The molecule has 8 heteroatoms. The van der Waals surface area contributed by atoms with Crippen molar-refractivity contribution in [2.75, 3.05) is 12.5 Å². The third-order valence-electron chi connectivity index (χ3n) is 2.70. The fourth-order valence-electron chi connectivity index (χ4n) is 1.81. The molecule has 7 nitrogen and oxygen atoms in total. The number of para-hydroxylation sites is 1. The van der Waals surface area contributed by atoms with E-state index in [1.807, 2.05) is 0 Å². The largest absolute Gasteiger partial charge is 0.487 e. The normalized spacial score (nSPS) is 10.6. The molecule has 0 unspecified atom stereocenters. The summed E-state index contributed by atoms with van der Waals surface area (Å²) in [7, 11) is 0. The highest BCUT2D eigenvalue weighted by atomic mass is 35.5. The molecule has 0 aliphatic rings. The quantitative estimate of drug-likeness (QED) is 0.443. The van der Waals surface area contributed by atoms with Crippen molar-refractivity contribution in [2.24, 2.45) is 0 Å². The molecule has 2 aromatic rings. The minimum atomic E-state index is -0.501. The Bertz CT molecular complexity index is 630. The van der Waals surface area contributed by atoms with Crippen molar-refractivity contribution in [2.45, 2.75) is 19.8 Å². The predicted octanol–water partition coefficient (Wildman–Crippen LogP) is 3.21. The second-order valence-electron chi connectivity index (χ2n) is 4.14. The monoisotopic (exact) mass is 311 g/mol. The third-order valence-corrected chi connectivity index (χ3v) is 2.97. The molecule has 0 fully saturated rings. The van der Waals surface area contributed by atoms with Gasteiger partial charge in [-0.1, -0.05) is 6.07 Å². The summed E-state index contributed by atoms with van der Waals surface area (Å²) in [4.78, 5) is 10.6. The van der Waals surface area contributed by atoms with E-state index in [0.717, 1.165) is 6.42 Å². The van der Waals surface area contributed by atoms with Crippen LogP contribution < -0.4 is 4.74 Å². The van der Waals surface area contributed by atoms with Crippen LogP contribution >= 0.6 is 11.6 Å². The van der Waals surface area contributed by atoms with Gasteiger partial charge in [0.2, 0.25) is 11.6 Å². The third kappa shape index (κ3) is 3.49. The van der Waals surface area contributed by atoms with Crippen LogP contribution in [0, 0.1) is 10.1 Å². The number of halogens is 1. The van der Waals surface area contributed by atoms with E-state index < -0.39 is 4.92 Å². The Kier molecular flexibility index (Phi) is 5.10. The molecule has 0 spiro atoms. The van der Waals surface area contributed by atoms with Crippen molar-refractivity contribution in [3.8, 4) is 17.2 Å². The van der Waals surface area contributed by atoms with Crippen molar-refractivity contribution in [3.63, 3.8) is 0 Å². The van der Waals surface area contributed by atoms with Gasteiger partial charge < -0.3 is 9.15 Å². The van der Waals surface area contributed by atoms with Crippen molar-refractivity contribution >= 4 is 17.3 Å². The van der Waals surface area contributed by atoms with Crippen LogP contribution in [0.15, 0.2) is 22.6 Å². The zero-order valence-corrected chi connectivity index (χ0v) is 12.2. The summed E-state index contributed by atoms with van der Waals surface area (Å²) >= 11 is 5.61. The topological polar surface area (TPSA) is 91.3 Å². The molecule has 1 heterocycles. The standard InChI is InChI=1S/C13H14ClN3O4/c1-2-20-12-9(5-3-6-10(12)17(18)19)13-16-15-11(21-13)7-4-8-14/h3,5-6H,2,4,7-8H2,1H3. The molecule has 0 atom stereocenters. The summed E-state index contributed by atoms with van der Waals surface area (Å²) in [6.45, 7) is 2.05. The first-order chi connectivity index (χ1) is 10.2. The lowest BCUT2D eigenvalue weighted by molar-refractivity contribution is -0.385. The Hall–Kier alpha value is -2.15. The van der Waals surface area contributed by atoms with E-state index in [0.29, 0.717) is 30.4 Å². The minimum Gasteiger partial charge on any atom is -0.487 e. The van der Waals surface area contributed by atoms with E-state index in [9.17, 15) is 10.1 Å². The summed E-state index contributed by atoms with van der Waals surface area (Å²) in [6.07, 6.45) is 1.28. The number of aromatic nitrogens is 2. The number of hydrogen-bond donors (Lipinski definition) is 0. The molecule has 2 rings (SSSR count). The fourth-order valence-corrected chi connectivity index (χ4v) is 1.95. The van der Waals surface area contributed by atoms with Gasteiger partial charge in [0.15, 0.2) is 0 Å². The zero-order valence-electron chi connectivity index (χ0n) is 11.4. The highest BCUT2D eigenvalue weighted by Gasteiger charge is 2.23. The lowest BCUT2D eigenvalue weighted by Gasteiger charge is -2.07. The van der Waals surface area contributed by atoms with E-state index in [4.69, 9.17) is 20.8 Å². The number of nitrogens with zero attached hydrogens (tertiary/aromatic N) is 3. The van der Waals surface area contributed by atoms with Gasteiger partial charge in [0, 0.05) is 18.4 Å². The molecular weight excluding hydrogens is 298 g/mol. The van der Waals surface area contributed by atoms with Gasteiger partial charge in [-0.05, 0) is 19.4 Å². The van der Waals surface area contributed by atoms with Crippen LogP contribution in [0.4, 0.5) is 5.69 Å². The molecule has 0 aliphatic carbocycles. The number of nitro benzene ring substituents is 1. The summed E-state index contributed by atoms with van der Waals surface area (Å²) < 4.78 is 10.9. The Labute approximate surface area is 126 Å². The highest BCUT2D eigenvalue weighted by molar-refractivity contribution is 6.17.